The van der Waals surface area contributed by atoms with E-state index in [0.29, 0.717) is 28.6 Å². The summed E-state index contributed by atoms with van der Waals surface area (Å²) in [6.07, 6.45) is 5.25. The molecule has 2 heterocycles. The quantitative estimate of drug-likeness (QED) is 0.364. The normalized spacial score (nSPS) is 15.6. The van der Waals surface area contributed by atoms with Crippen molar-refractivity contribution in [3.8, 4) is 5.75 Å². The number of hydrogen-bond acceptors (Lipinski definition) is 6. The summed E-state index contributed by atoms with van der Waals surface area (Å²) in [5, 5.41) is 2.94. The molecular formula is C31H29N3O5. The van der Waals surface area contributed by atoms with Crippen LogP contribution in [0.5, 0.6) is 5.75 Å². The summed E-state index contributed by atoms with van der Waals surface area (Å²) in [4.78, 5) is 43.3. The highest BCUT2D eigenvalue weighted by atomic mass is 16.5. The number of rotatable bonds is 6. The van der Waals surface area contributed by atoms with Crippen molar-refractivity contribution in [2.75, 3.05) is 13.7 Å². The van der Waals surface area contributed by atoms with Crippen molar-refractivity contribution < 1.29 is 23.9 Å². The molecule has 0 fully saturated rings. The lowest BCUT2D eigenvalue weighted by Gasteiger charge is -2.26. The average molecular weight is 524 g/mol. The Labute approximate surface area is 226 Å². The van der Waals surface area contributed by atoms with Crippen LogP contribution in [-0.4, -0.2) is 41.1 Å². The van der Waals surface area contributed by atoms with Crippen LogP contribution in [0.4, 0.5) is 0 Å². The molecule has 1 atom stereocenters. The van der Waals surface area contributed by atoms with Gasteiger partial charge < -0.3 is 14.0 Å². The number of aromatic nitrogens is 2. The summed E-state index contributed by atoms with van der Waals surface area (Å²) in [6, 6.07) is 18.5. The zero-order valence-electron chi connectivity index (χ0n) is 22.1. The number of ether oxygens (including phenoxy) is 2. The predicted molar refractivity (Wildman–Crippen MR) is 148 cm³/mol. The maximum atomic E-state index is 13.5. The molecule has 8 heteroatoms. The Hall–Kier alpha value is -4.72. The van der Waals surface area contributed by atoms with Crippen molar-refractivity contribution in [2.45, 2.75) is 19.8 Å². The summed E-state index contributed by atoms with van der Waals surface area (Å²) in [7, 11) is 3.34. The zero-order valence-corrected chi connectivity index (χ0v) is 22.1. The number of amides is 2. The minimum Gasteiger partial charge on any atom is -0.497 e. The predicted octanol–water partition coefficient (Wildman–Crippen LogP) is 4.82. The monoisotopic (exact) mass is 523 g/mol. The number of allylic oxidation sites excluding steroid dienone is 1. The second-order valence-electron chi connectivity index (χ2n) is 9.75. The molecule has 2 amide bonds. The van der Waals surface area contributed by atoms with Gasteiger partial charge in [0.05, 0.1) is 23.9 Å². The third-order valence-corrected chi connectivity index (χ3v) is 6.84. The Morgan fingerprint density at radius 1 is 1.05 bits per heavy atom. The minimum absolute atomic E-state index is 0.266. The van der Waals surface area contributed by atoms with Crippen LogP contribution in [0.25, 0.3) is 22.6 Å². The smallest absolute Gasteiger partial charge is 0.339 e. The number of aryl methyl sites for hydroxylation is 1. The number of pyridine rings is 1. The zero-order chi connectivity index (χ0) is 27.5. The summed E-state index contributed by atoms with van der Waals surface area (Å²) < 4.78 is 12.3. The first kappa shape index (κ1) is 25.9. The number of nitrogens with one attached hydrogen (secondary N) is 1. The number of carbonyl (C=O) groups is 3. The molecule has 2 aromatic carbocycles. The molecule has 198 valence electrons. The summed E-state index contributed by atoms with van der Waals surface area (Å²) >= 11 is 0. The van der Waals surface area contributed by atoms with Gasteiger partial charge in [-0.3, -0.25) is 14.9 Å². The van der Waals surface area contributed by atoms with Gasteiger partial charge in [0.15, 0.2) is 6.61 Å². The van der Waals surface area contributed by atoms with Crippen molar-refractivity contribution in [3.63, 3.8) is 0 Å². The van der Waals surface area contributed by atoms with Gasteiger partial charge in [-0.05, 0) is 71.9 Å². The first-order valence-corrected chi connectivity index (χ1v) is 12.7. The number of fused-ring (bicyclic) bond motifs is 2. The molecule has 1 unspecified atom stereocenters. The fourth-order valence-corrected chi connectivity index (χ4v) is 5.00. The van der Waals surface area contributed by atoms with Gasteiger partial charge in [0.2, 0.25) is 0 Å². The van der Waals surface area contributed by atoms with Crippen LogP contribution in [0.2, 0.25) is 0 Å². The molecule has 8 nitrogen and oxygen atoms in total. The Balaban J connectivity index is 1.45. The van der Waals surface area contributed by atoms with Gasteiger partial charge in [-0.25, -0.2) is 9.78 Å². The highest BCUT2D eigenvalue weighted by Gasteiger charge is 2.29. The van der Waals surface area contributed by atoms with Crippen molar-refractivity contribution >= 4 is 40.3 Å². The number of para-hydroxylation sites is 1. The van der Waals surface area contributed by atoms with E-state index in [-0.39, 0.29) is 5.92 Å². The molecule has 0 saturated carbocycles. The van der Waals surface area contributed by atoms with Gasteiger partial charge in [0, 0.05) is 18.6 Å². The van der Waals surface area contributed by atoms with Crippen LogP contribution in [0, 0.1) is 5.92 Å². The van der Waals surface area contributed by atoms with E-state index in [0.717, 1.165) is 34.6 Å². The number of esters is 1. The van der Waals surface area contributed by atoms with Crippen LogP contribution in [0.3, 0.4) is 0 Å². The van der Waals surface area contributed by atoms with Crippen LogP contribution in [0.15, 0.2) is 66.9 Å². The minimum atomic E-state index is -0.699. The molecule has 1 aliphatic rings. The van der Waals surface area contributed by atoms with Gasteiger partial charge in [0.25, 0.3) is 11.8 Å². The second-order valence-corrected chi connectivity index (χ2v) is 9.75. The van der Waals surface area contributed by atoms with E-state index in [9.17, 15) is 14.4 Å². The summed E-state index contributed by atoms with van der Waals surface area (Å²) in [5.41, 5.74) is 5.00. The number of hydrogen-bond donors (Lipinski definition) is 1. The standard InChI is InChI=1S/C31H29N3O5/c1-19-15-21(17-20-10-12-22(38-3)13-11-20)29-24(16-19)28(23-7-4-5-8-25(23)32-29)31(37)39-18-27(35)33-30(36)26-9-6-14-34(26)2/h4-14,17,19H,15-16,18H2,1-3H3,(H,33,35,36). The Morgan fingerprint density at radius 2 is 1.82 bits per heavy atom. The van der Waals surface area contributed by atoms with Crippen molar-refractivity contribution in [3.05, 3.63) is 94.9 Å². The van der Waals surface area contributed by atoms with Crippen LogP contribution >= 0.6 is 0 Å². The van der Waals surface area contributed by atoms with E-state index in [1.807, 2.05) is 48.5 Å². The highest BCUT2D eigenvalue weighted by Crippen LogP contribution is 2.38. The number of carbonyl (C=O) groups excluding carboxylic acids is 3. The van der Waals surface area contributed by atoms with Crippen LogP contribution < -0.4 is 10.1 Å². The highest BCUT2D eigenvalue weighted by molar-refractivity contribution is 6.08. The SMILES string of the molecule is COc1ccc(C=C2CC(C)Cc3c2nc2ccccc2c3C(=O)OCC(=O)NC(=O)c2cccn2C)cc1. The molecule has 0 radical (unpaired) electrons. The molecule has 39 heavy (non-hydrogen) atoms. The molecular weight excluding hydrogens is 494 g/mol. The largest absolute Gasteiger partial charge is 0.497 e. The Morgan fingerprint density at radius 3 is 2.54 bits per heavy atom. The van der Waals surface area contributed by atoms with Gasteiger partial charge >= 0.3 is 5.97 Å². The van der Waals surface area contributed by atoms with Crippen LogP contribution in [-0.2, 0) is 23.0 Å². The average Bonchev–Trinajstić information content (AvgIpc) is 3.37. The van der Waals surface area contributed by atoms with E-state index in [2.05, 4.69) is 18.3 Å². The molecule has 0 bridgehead atoms. The van der Waals surface area contributed by atoms with Crippen molar-refractivity contribution in [1.29, 1.82) is 0 Å². The maximum Gasteiger partial charge on any atom is 0.339 e. The van der Waals surface area contributed by atoms with Crippen molar-refractivity contribution in [2.24, 2.45) is 13.0 Å². The molecule has 2 aromatic heterocycles. The second kappa shape index (κ2) is 10.9. The lowest BCUT2D eigenvalue weighted by atomic mass is 9.80. The third kappa shape index (κ3) is 5.45. The molecule has 5 rings (SSSR count). The summed E-state index contributed by atoms with van der Waals surface area (Å²) in [6.45, 7) is 1.56. The number of methoxy groups -OCH3 is 1. The van der Waals surface area contributed by atoms with Gasteiger partial charge in [-0.1, -0.05) is 37.3 Å². The molecule has 0 spiro atoms. The lowest BCUT2D eigenvalue weighted by Crippen LogP contribution is -2.35. The maximum absolute atomic E-state index is 13.5. The molecule has 0 saturated heterocycles. The lowest BCUT2D eigenvalue weighted by molar-refractivity contribution is -0.123. The number of imide groups is 1. The van der Waals surface area contributed by atoms with E-state index in [4.69, 9.17) is 14.5 Å². The molecule has 0 aliphatic heterocycles. The van der Waals surface area contributed by atoms with Gasteiger partial charge in [-0.15, -0.1) is 0 Å². The van der Waals surface area contributed by atoms with Crippen molar-refractivity contribution in [1.82, 2.24) is 14.9 Å². The van der Waals surface area contributed by atoms with E-state index in [1.165, 1.54) is 0 Å². The number of benzene rings is 2. The fourth-order valence-electron chi connectivity index (χ4n) is 5.00. The molecule has 1 N–H and O–H groups in total. The topological polar surface area (TPSA) is 99.5 Å². The van der Waals surface area contributed by atoms with Gasteiger partial charge in [-0.2, -0.15) is 0 Å². The van der Waals surface area contributed by atoms with E-state index < -0.39 is 24.4 Å². The number of nitrogens with zero attached hydrogens (tertiary/aromatic N) is 2. The fraction of sp³-hybridized carbons (Fsp3) is 0.226. The van der Waals surface area contributed by atoms with Crippen LogP contribution in [0.1, 0.15) is 51.0 Å². The van der Waals surface area contributed by atoms with E-state index in [1.54, 1.807) is 37.1 Å². The first-order chi connectivity index (χ1) is 18.8. The van der Waals surface area contributed by atoms with Gasteiger partial charge in [0.1, 0.15) is 11.4 Å². The van der Waals surface area contributed by atoms with E-state index >= 15 is 0 Å². The Kier molecular flexibility index (Phi) is 7.27. The molecule has 4 aromatic rings. The first-order valence-electron chi connectivity index (χ1n) is 12.7. The summed E-state index contributed by atoms with van der Waals surface area (Å²) in [5.74, 6) is -0.835. The molecule has 1 aliphatic carbocycles. The Bertz CT molecular complexity index is 1600. The third-order valence-electron chi connectivity index (χ3n) is 6.84.